The Hall–Kier alpha value is -2.40. The van der Waals surface area contributed by atoms with Crippen LogP contribution in [0.3, 0.4) is 0 Å². The maximum atomic E-state index is 8.99. The second kappa shape index (κ2) is 5.66. The molecule has 8 heteroatoms. The number of thioether (sulfide) groups is 1. The molecule has 0 aliphatic carbocycles. The van der Waals surface area contributed by atoms with Crippen molar-refractivity contribution in [1.29, 1.82) is 5.26 Å². The molecule has 0 amide bonds. The van der Waals surface area contributed by atoms with Gasteiger partial charge in [-0.25, -0.2) is 19.9 Å². The Morgan fingerprint density at radius 3 is 2.70 bits per heavy atom. The quantitative estimate of drug-likeness (QED) is 0.617. The summed E-state index contributed by atoms with van der Waals surface area (Å²) in [6.45, 7) is 1.78. The van der Waals surface area contributed by atoms with Gasteiger partial charge in [-0.05, 0) is 24.8 Å². The summed E-state index contributed by atoms with van der Waals surface area (Å²) in [6.07, 6.45) is 6.58. The van der Waals surface area contributed by atoms with Gasteiger partial charge in [0.2, 0.25) is 5.95 Å². The first-order valence-electron chi connectivity index (χ1n) is 7.42. The van der Waals surface area contributed by atoms with Crippen molar-refractivity contribution in [2.24, 2.45) is 0 Å². The zero-order valence-corrected chi connectivity index (χ0v) is 13.4. The Labute approximate surface area is 138 Å². The summed E-state index contributed by atoms with van der Waals surface area (Å²) < 4.78 is 0. The Morgan fingerprint density at radius 1 is 1.17 bits per heavy atom. The third-order valence-corrected chi connectivity index (χ3v) is 4.87. The van der Waals surface area contributed by atoms with E-state index >= 15 is 0 Å². The minimum Gasteiger partial charge on any atom is -0.352 e. The average molecular weight is 325 g/mol. The zero-order valence-electron chi connectivity index (χ0n) is 12.6. The maximum Gasteiger partial charge on any atom is 0.227 e. The number of fused-ring (bicyclic) bond motifs is 2. The highest BCUT2D eigenvalue weighted by Crippen LogP contribution is 2.36. The molecule has 3 saturated heterocycles. The molecule has 2 bridgehead atoms. The van der Waals surface area contributed by atoms with Crippen LogP contribution in [0.2, 0.25) is 0 Å². The lowest BCUT2D eigenvalue weighted by Gasteiger charge is -2.56. The molecule has 0 spiro atoms. The molecule has 3 fully saturated rings. The highest BCUT2D eigenvalue weighted by Gasteiger charge is 2.46. The summed E-state index contributed by atoms with van der Waals surface area (Å²) in [7, 11) is 0. The van der Waals surface area contributed by atoms with Crippen LogP contribution < -0.4 is 9.80 Å². The number of anilines is 2. The molecule has 2 unspecified atom stereocenters. The van der Waals surface area contributed by atoms with Crippen LogP contribution in [0.1, 0.15) is 12.1 Å². The van der Waals surface area contributed by atoms with E-state index in [0.29, 0.717) is 23.7 Å². The van der Waals surface area contributed by atoms with Crippen LogP contribution in [-0.4, -0.2) is 51.4 Å². The summed E-state index contributed by atoms with van der Waals surface area (Å²) in [6, 6.07) is 6.41. The lowest BCUT2D eigenvalue weighted by molar-refractivity contribution is 0.284. The van der Waals surface area contributed by atoms with Gasteiger partial charge in [-0.1, -0.05) is 11.8 Å². The molecule has 2 aromatic rings. The molecular weight excluding hydrogens is 310 g/mol. The molecule has 23 heavy (non-hydrogen) atoms. The van der Waals surface area contributed by atoms with Crippen LogP contribution in [0.5, 0.6) is 0 Å². The summed E-state index contributed by atoms with van der Waals surface area (Å²) in [5, 5.41) is 9.79. The van der Waals surface area contributed by atoms with Crippen molar-refractivity contribution in [2.75, 3.05) is 29.1 Å². The van der Waals surface area contributed by atoms with Crippen molar-refractivity contribution >= 4 is 23.5 Å². The van der Waals surface area contributed by atoms with Gasteiger partial charge in [-0.2, -0.15) is 5.26 Å². The predicted octanol–water partition coefficient (Wildman–Crippen LogP) is 1.33. The number of aromatic nitrogens is 4. The minimum absolute atomic E-state index is 0.371. The molecule has 0 aromatic carbocycles. The second-order valence-corrected chi connectivity index (χ2v) is 6.38. The second-order valence-electron chi connectivity index (χ2n) is 5.61. The summed E-state index contributed by atoms with van der Waals surface area (Å²) in [4.78, 5) is 22.0. The molecule has 5 rings (SSSR count). The topological polar surface area (TPSA) is 81.8 Å². The van der Waals surface area contributed by atoms with Gasteiger partial charge in [0.1, 0.15) is 17.6 Å². The minimum atomic E-state index is 0.371. The molecular formula is C15H15N7S. The molecule has 2 aromatic heterocycles. The van der Waals surface area contributed by atoms with Gasteiger partial charge in [0, 0.05) is 25.5 Å². The Morgan fingerprint density at radius 2 is 1.96 bits per heavy atom. The molecule has 7 nitrogen and oxygen atoms in total. The van der Waals surface area contributed by atoms with E-state index in [1.807, 2.05) is 18.5 Å². The fraction of sp³-hybridized carbons (Fsp3) is 0.400. The lowest BCUT2D eigenvalue weighted by Crippen LogP contribution is -2.69. The molecule has 5 heterocycles. The van der Waals surface area contributed by atoms with Gasteiger partial charge in [0.05, 0.1) is 12.1 Å². The Bertz CT molecular complexity index is 762. The fourth-order valence-electron chi connectivity index (χ4n) is 3.26. The van der Waals surface area contributed by atoms with Gasteiger partial charge in [0.25, 0.3) is 0 Å². The number of piperidine rings is 1. The smallest absolute Gasteiger partial charge is 0.227 e. The highest BCUT2D eigenvalue weighted by atomic mass is 32.2. The maximum absolute atomic E-state index is 8.99. The number of rotatable bonds is 3. The SMILES string of the molecule is CSc1nccc(N2CC3CC(C2)N3c2nccc(C#N)n2)n1. The molecule has 0 N–H and O–H groups in total. The molecule has 0 radical (unpaired) electrons. The number of piperazine rings is 1. The van der Waals surface area contributed by atoms with Crippen molar-refractivity contribution in [3.05, 3.63) is 30.2 Å². The van der Waals surface area contributed by atoms with E-state index < -0.39 is 0 Å². The molecule has 116 valence electrons. The van der Waals surface area contributed by atoms with Gasteiger partial charge in [-0.15, -0.1) is 0 Å². The van der Waals surface area contributed by atoms with Crippen LogP contribution in [0, 0.1) is 11.3 Å². The summed E-state index contributed by atoms with van der Waals surface area (Å²) in [5.74, 6) is 1.64. The number of nitriles is 1. The van der Waals surface area contributed by atoms with Crippen molar-refractivity contribution < 1.29 is 0 Å². The van der Waals surface area contributed by atoms with Crippen molar-refractivity contribution in [3.63, 3.8) is 0 Å². The van der Waals surface area contributed by atoms with E-state index in [2.05, 4.69) is 35.8 Å². The van der Waals surface area contributed by atoms with E-state index in [0.717, 1.165) is 30.5 Å². The fourth-order valence-corrected chi connectivity index (χ4v) is 3.62. The van der Waals surface area contributed by atoms with Crippen molar-refractivity contribution in [3.8, 4) is 6.07 Å². The van der Waals surface area contributed by atoms with E-state index in [-0.39, 0.29) is 0 Å². The highest BCUT2D eigenvalue weighted by molar-refractivity contribution is 7.98. The predicted molar refractivity (Wildman–Crippen MR) is 87.4 cm³/mol. The van der Waals surface area contributed by atoms with Crippen LogP contribution in [0.15, 0.2) is 29.7 Å². The largest absolute Gasteiger partial charge is 0.352 e. The first kappa shape index (κ1) is 14.2. The molecule has 0 saturated carbocycles. The number of hydrogen-bond acceptors (Lipinski definition) is 8. The normalized spacial score (nSPS) is 22.4. The van der Waals surface area contributed by atoms with Gasteiger partial charge in [-0.3, -0.25) is 0 Å². The van der Waals surface area contributed by atoms with Crippen LogP contribution >= 0.6 is 11.8 Å². The van der Waals surface area contributed by atoms with E-state index in [4.69, 9.17) is 5.26 Å². The van der Waals surface area contributed by atoms with E-state index in [9.17, 15) is 0 Å². The lowest BCUT2D eigenvalue weighted by atomic mass is 9.88. The Balaban J connectivity index is 1.53. The Kier molecular flexibility index (Phi) is 3.50. The van der Waals surface area contributed by atoms with Crippen molar-refractivity contribution in [1.82, 2.24) is 19.9 Å². The zero-order chi connectivity index (χ0) is 15.8. The van der Waals surface area contributed by atoms with Gasteiger partial charge in [0.15, 0.2) is 5.16 Å². The molecule has 3 aliphatic heterocycles. The third kappa shape index (κ3) is 2.47. The van der Waals surface area contributed by atoms with Gasteiger partial charge >= 0.3 is 0 Å². The number of hydrogen-bond donors (Lipinski definition) is 0. The molecule has 3 aliphatic rings. The summed E-state index contributed by atoms with van der Waals surface area (Å²) in [5.41, 5.74) is 0.414. The van der Waals surface area contributed by atoms with Crippen LogP contribution in [0.4, 0.5) is 11.8 Å². The molecule has 2 atom stereocenters. The first-order chi connectivity index (χ1) is 11.3. The third-order valence-electron chi connectivity index (χ3n) is 4.31. The average Bonchev–Trinajstić information content (AvgIpc) is 2.62. The summed E-state index contributed by atoms with van der Waals surface area (Å²) >= 11 is 1.55. The first-order valence-corrected chi connectivity index (χ1v) is 8.64. The van der Waals surface area contributed by atoms with E-state index in [1.54, 1.807) is 24.0 Å². The number of nitrogens with zero attached hydrogens (tertiary/aromatic N) is 7. The van der Waals surface area contributed by atoms with Gasteiger partial charge < -0.3 is 9.80 Å². The monoisotopic (exact) mass is 325 g/mol. The van der Waals surface area contributed by atoms with Crippen molar-refractivity contribution in [2.45, 2.75) is 23.7 Å². The van der Waals surface area contributed by atoms with E-state index in [1.165, 1.54) is 0 Å². The standard InChI is InChI=1S/C15H15N7S/c1-23-15-18-5-3-13(20-15)21-8-11-6-12(9-21)22(11)14-17-4-2-10(7-16)19-14/h2-5,11-12H,6,8-9H2,1H3. The van der Waals surface area contributed by atoms with Crippen LogP contribution in [-0.2, 0) is 0 Å². The van der Waals surface area contributed by atoms with Crippen LogP contribution in [0.25, 0.3) is 0 Å².